The molecular formula is C11H16FNO3S. The summed E-state index contributed by atoms with van der Waals surface area (Å²) in [5.74, 6) is 0.338. The van der Waals surface area contributed by atoms with Gasteiger partial charge in [0.05, 0.1) is 11.6 Å². The van der Waals surface area contributed by atoms with Crippen LogP contribution in [0.1, 0.15) is 5.56 Å². The van der Waals surface area contributed by atoms with Crippen molar-refractivity contribution in [2.45, 2.75) is 11.8 Å². The summed E-state index contributed by atoms with van der Waals surface area (Å²) in [5, 5.41) is 2.97. The zero-order valence-corrected chi connectivity index (χ0v) is 10.4. The van der Waals surface area contributed by atoms with Gasteiger partial charge >= 0.3 is 0 Å². The van der Waals surface area contributed by atoms with Crippen LogP contribution in [0, 0.1) is 12.8 Å². The van der Waals surface area contributed by atoms with Crippen LogP contribution in [-0.2, 0) is 10.1 Å². The van der Waals surface area contributed by atoms with Crippen LogP contribution in [0.5, 0.6) is 0 Å². The Morgan fingerprint density at radius 1 is 1.35 bits per heavy atom. The lowest BCUT2D eigenvalue weighted by Gasteiger charge is -2.23. The highest BCUT2D eigenvalue weighted by Crippen LogP contribution is 2.08. The summed E-state index contributed by atoms with van der Waals surface area (Å²) < 4.78 is 40.9. The number of halogens is 1. The Hall–Kier alpha value is -0.980. The first-order chi connectivity index (χ1) is 7.93. The van der Waals surface area contributed by atoms with Gasteiger partial charge in [-0.2, -0.15) is 8.42 Å². The lowest BCUT2D eigenvalue weighted by molar-refractivity contribution is 0.269. The van der Waals surface area contributed by atoms with Crippen LogP contribution in [0.2, 0.25) is 0 Å². The molecule has 1 aromatic rings. The molecule has 0 amide bonds. The first-order valence-electron chi connectivity index (χ1n) is 5.24. The van der Waals surface area contributed by atoms with Gasteiger partial charge in [-0.05, 0) is 19.1 Å². The van der Waals surface area contributed by atoms with Gasteiger partial charge in [-0.1, -0.05) is 17.7 Å². The quantitative estimate of drug-likeness (QED) is 0.790. The van der Waals surface area contributed by atoms with Gasteiger partial charge in [-0.25, -0.2) is 0 Å². The summed E-state index contributed by atoms with van der Waals surface area (Å²) in [7, 11) is -4.02. The molecule has 2 rings (SSSR count). The summed E-state index contributed by atoms with van der Waals surface area (Å²) in [5.41, 5.74) is 0.956. The smallest absolute Gasteiger partial charge is 0.294 e. The third kappa shape index (κ3) is 4.80. The van der Waals surface area contributed by atoms with Crippen LogP contribution in [0.4, 0.5) is 4.39 Å². The van der Waals surface area contributed by atoms with E-state index in [9.17, 15) is 12.8 Å². The van der Waals surface area contributed by atoms with Gasteiger partial charge in [-0.3, -0.25) is 8.94 Å². The van der Waals surface area contributed by atoms with E-state index >= 15 is 0 Å². The van der Waals surface area contributed by atoms with E-state index in [1.807, 2.05) is 6.92 Å². The molecule has 1 aliphatic rings. The van der Waals surface area contributed by atoms with Gasteiger partial charge in [0.1, 0.15) is 0 Å². The zero-order chi connectivity index (χ0) is 12.9. The number of hydrogen-bond donors (Lipinski definition) is 2. The molecule has 0 aromatic heterocycles. The number of hydrogen-bond acceptors (Lipinski definition) is 3. The number of aryl methyl sites for hydroxylation is 1. The standard InChI is InChI=1S/C7H8O3S.C4H8FN/c1-6-2-4-7(5-3-6)11(8,9)10;5-1-4-2-6-3-4/h2-5H,1H3,(H,8,9,10);4,6H,1-3H2. The molecule has 0 spiro atoms. The predicted octanol–water partition coefficient (Wildman–Crippen LogP) is 1.42. The fraction of sp³-hybridized carbons (Fsp3) is 0.455. The van der Waals surface area contributed by atoms with E-state index in [0.29, 0.717) is 5.92 Å². The van der Waals surface area contributed by atoms with Crippen LogP contribution in [-0.4, -0.2) is 32.7 Å². The normalized spacial score (nSPS) is 15.7. The van der Waals surface area contributed by atoms with Gasteiger partial charge in [0.15, 0.2) is 0 Å². The first kappa shape index (κ1) is 14.1. The molecular weight excluding hydrogens is 245 g/mol. The van der Waals surface area contributed by atoms with Gasteiger partial charge in [0.25, 0.3) is 10.1 Å². The van der Waals surface area contributed by atoms with Crippen molar-refractivity contribution in [2.75, 3.05) is 19.8 Å². The lowest BCUT2D eigenvalue weighted by Crippen LogP contribution is -2.42. The molecule has 0 aliphatic carbocycles. The summed E-state index contributed by atoms with van der Waals surface area (Å²) in [6, 6.07) is 5.99. The van der Waals surface area contributed by atoms with Gasteiger partial charge < -0.3 is 5.32 Å². The summed E-state index contributed by atoms with van der Waals surface area (Å²) in [6.07, 6.45) is 0. The van der Waals surface area contributed by atoms with E-state index in [-0.39, 0.29) is 11.6 Å². The number of nitrogens with one attached hydrogen (secondary N) is 1. The molecule has 1 aliphatic heterocycles. The number of rotatable bonds is 2. The zero-order valence-electron chi connectivity index (χ0n) is 9.56. The molecule has 1 saturated heterocycles. The molecule has 96 valence electrons. The van der Waals surface area contributed by atoms with E-state index in [1.54, 1.807) is 12.1 Å². The van der Waals surface area contributed by atoms with Gasteiger partial charge in [0, 0.05) is 19.0 Å². The molecule has 0 unspecified atom stereocenters. The van der Waals surface area contributed by atoms with Gasteiger partial charge in [-0.15, -0.1) is 0 Å². The molecule has 4 nitrogen and oxygen atoms in total. The lowest BCUT2D eigenvalue weighted by atomic mass is 10.1. The highest BCUT2D eigenvalue weighted by Gasteiger charge is 2.14. The monoisotopic (exact) mass is 261 g/mol. The third-order valence-corrected chi connectivity index (χ3v) is 3.27. The molecule has 0 atom stereocenters. The van der Waals surface area contributed by atoms with Crippen LogP contribution >= 0.6 is 0 Å². The van der Waals surface area contributed by atoms with Crippen LogP contribution in [0.25, 0.3) is 0 Å². The topological polar surface area (TPSA) is 66.4 Å². The minimum atomic E-state index is -4.02. The maximum Gasteiger partial charge on any atom is 0.294 e. The minimum Gasteiger partial charge on any atom is -0.316 e. The molecule has 1 fully saturated rings. The number of benzene rings is 1. The molecule has 2 N–H and O–H groups in total. The second-order valence-electron chi connectivity index (χ2n) is 3.97. The summed E-state index contributed by atoms with van der Waals surface area (Å²) in [6.45, 7) is 3.47. The van der Waals surface area contributed by atoms with Crippen LogP contribution < -0.4 is 5.32 Å². The Balaban J connectivity index is 0.000000202. The fourth-order valence-electron chi connectivity index (χ4n) is 1.17. The van der Waals surface area contributed by atoms with E-state index in [0.717, 1.165) is 18.7 Å². The van der Waals surface area contributed by atoms with Crippen molar-refractivity contribution in [3.05, 3.63) is 29.8 Å². The van der Waals surface area contributed by atoms with E-state index in [4.69, 9.17) is 4.55 Å². The predicted molar refractivity (Wildman–Crippen MR) is 63.3 cm³/mol. The molecule has 1 heterocycles. The molecule has 17 heavy (non-hydrogen) atoms. The Labute approximate surface area is 101 Å². The van der Waals surface area contributed by atoms with Crippen molar-refractivity contribution in [3.8, 4) is 0 Å². The van der Waals surface area contributed by atoms with Crippen molar-refractivity contribution in [2.24, 2.45) is 5.92 Å². The Morgan fingerprint density at radius 3 is 2.12 bits per heavy atom. The summed E-state index contributed by atoms with van der Waals surface area (Å²) >= 11 is 0. The van der Waals surface area contributed by atoms with Crippen molar-refractivity contribution in [1.29, 1.82) is 0 Å². The summed E-state index contributed by atoms with van der Waals surface area (Å²) in [4.78, 5) is -0.0666. The minimum absolute atomic E-state index is 0.0666. The Morgan fingerprint density at radius 2 is 1.88 bits per heavy atom. The fourth-order valence-corrected chi connectivity index (χ4v) is 1.65. The SMILES string of the molecule is Cc1ccc(S(=O)(=O)O)cc1.FCC1CNC1. The third-order valence-electron chi connectivity index (χ3n) is 2.40. The maximum absolute atomic E-state index is 11.4. The largest absolute Gasteiger partial charge is 0.316 e. The van der Waals surface area contributed by atoms with E-state index in [1.165, 1.54) is 12.1 Å². The Kier molecular flexibility index (Phi) is 5.04. The molecule has 0 bridgehead atoms. The van der Waals surface area contributed by atoms with Gasteiger partial charge in [0.2, 0.25) is 0 Å². The number of alkyl halides is 1. The maximum atomic E-state index is 11.4. The van der Waals surface area contributed by atoms with Crippen molar-refractivity contribution in [3.63, 3.8) is 0 Å². The van der Waals surface area contributed by atoms with Crippen molar-refractivity contribution >= 4 is 10.1 Å². The highest BCUT2D eigenvalue weighted by molar-refractivity contribution is 7.85. The molecule has 6 heteroatoms. The van der Waals surface area contributed by atoms with Crippen LogP contribution in [0.15, 0.2) is 29.2 Å². The average molecular weight is 261 g/mol. The molecule has 1 aromatic carbocycles. The van der Waals surface area contributed by atoms with Crippen LogP contribution in [0.3, 0.4) is 0 Å². The second-order valence-corrected chi connectivity index (χ2v) is 5.39. The van der Waals surface area contributed by atoms with Crippen molar-refractivity contribution < 1.29 is 17.4 Å². The average Bonchev–Trinajstić information content (AvgIpc) is 2.16. The molecule has 0 saturated carbocycles. The van der Waals surface area contributed by atoms with Crippen molar-refractivity contribution in [1.82, 2.24) is 5.32 Å². The first-order valence-corrected chi connectivity index (χ1v) is 6.68. The van der Waals surface area contributed by atoms with E-state index < -0.39 is 10.1 Å². The Bertz CT molecular complexity index is 438. The highest BCUT2D eigenvalue weighted by atomic mass is 32.2. The second kappa shape index (κ2) is 6.09. The van der Waals surface area contributed by atoms with E-state index in [2.05, 4.69) is 5.32 Å². The molecule has 0 radical (unpaired) electrons.